The minimum Gasteiger partial charge on any atom is -0.293 e. The van der Waals surface area contributed by atoms with Gasteiger partial charge in [-0.25, -0.2) is 9.50 Å². The van der Waals surface area contributed by atoms with Crippen LogP contribution in [-0.4, -0.2) is 14.6 Å². The van der Waals surface area contributed by atoms with Crippen LogP contribution in [-0.2, 0) is 6.42 Å². The molecule has 0 bridgehead atoms. The Balaban J connectivity index is 2.24. The van der Waals surface area contributed by atoms with E-state index in [0.717, 1.165) is 53.8 Å². The Bertz CT molecular complexity index is 1000. The number of nitrogens with one attached hydrogen (secondary N) is 1. The number of aryl methyl sites for hydroxylation is 5. The lowest BCUT2D eigenvalue weighted by Crippen LogP contribution is -2.22. The summed E-state index contributed by atoms with van der Waals surface area (Å²) in [7, 11) is 0. The number of aromatic nitrogens is 3. The van der Waals surface area contributed by atoms with Crippen molar-refractivity contribution in [3.8, 4) is 11.1 Å². The number of benzene rings is 1. The Kier molecular flexibility index (Phi) is 5.03. The van der Waals surface area contributed by atoms with Crippen molar-refractivity contribution >= 4 is 5.65 Å². The van der Waals surface area contributed by atoms with Gasteiger partial charge in [-0.3, -0.25) is 9.89 Å². The Labute approximate surface area is 155 Å². The first kappa shape index (κ1) is 18.4. The van der Waals surface area contributed by atoms with Crippen LogP contribution in [0.5, 0.6) is 0 Å². The lowest BCUT2D eigenvalue weighted by Gasteiger charge is -2.12. The molecular weight excluding hydrogens is 322 g/mol. The molecule has 1 aromatic carbocycles. The number of rotatable bonds is 5. The Hall–Kier alpha value is -2.36. The molecule has 0 atom stereocenters. The summed E-state index contributed by atoms with van der Waals surface area (Å²) >= 11 is 0. The molecule has 0 unspecified atom stereocenters. The fourth-order valence-corrected chi connectivity index (χ4v) is 4.04. The third kappa shape index (κ3) is 3.09. The van der Waals surface area contributed by atoms with E-state index in [9.17, 15) is 4.79 Å². The van der Waals surface area contributed by atoms with Gasteiger partial charge < -0.3 is 0 Å². The van der Waals surface area contributed by atoms with Crippen molar-refractivity contribution in [1.29, 1.82) is 0 Å². The highest BCUT2D eigenvalue weighted by Crippen LogP contribution is 2.33. The standard InChI is InChI=1S/C22H29N3O/c1-7-8-9-10-18-16(5)23-21-20(17(6)24-25(21)22(18)26)19-14(3)11-13(2)12-15(19)4/h11-12,24H,7-10H2,1-6H3. The fourth-order valence-electron chi connectivity index (χ4n) is 4.04. The zero-order chi connectivity index (χ0) is 19.0. The van der Waals surface area contributed by atoms with Crippen molar-refractivity contribution in [2.24, 2.45) is 0 Å². The summed E-state index contributed by atoms with van der Waals surface area (Å²) in [5.41, 5.74) is 9.35. The SMILES string of the molecule is CCCCCc1c(C)nc2c(-c3c(C)cc(C)cc3C)c(C)[nH]n2c1=O. The molecule has 2 aromatic heterocycles. The number of fused-ring (bicyclic) bond motifs is 1. The van der Waals surface area contributed by atoms with Gasteiger partial charge in [0.2, 0.25) is 0 Å². The van der Waals surface area contributed by atoms with Gasteiger partial charge in [0.15, 0.2) is 5.65 Å². The molecule has 3 aromatic rings. The molecule has 0 saturated heterocycles. The summed E-state index contributed by atoms with van der Waals surface area (Å²) in [6.45, 7) is 12.5. The highest BCUT2D eigenvalue weighted by molar-refractivity contribution is 5.84. The largest absolute Gasteiger partial charge is 0.293 e. The van der Waals surface area contributed by atoms with Gasteiger partial charge in [-0.2, -0.15) is 0 Å². The summed E-state index contributed by atoms with van der Waals surface area (Å²) in [5, 5.41) is 3.26. The second-order valence-electron chi connectivity index (χ2n) is 7.48. The Morgan fingerprint density at radius 3 is 2.27 bits per heavy atom. The molecule has 2 heterocycles. The minimum atomic E-state index is 0.0420. The van der Waals surface area contributed by atoms with Crippen LogP contribution >= 0.6 is 0 Å². The van der Waals surface area contributed by atoms with Gasteiger partial charge >= 0.3 is 0 Å². The van der Waals surface area contributed by atoms with Crippen molar-refractivity contribution in [1.82, 2.24) is 14.6 Å². The second kappa shape index (κ2) is 7.10. The molecule has 3 rings (SSSR count). The van der Waals surface area contributed by atoms with Crippen molar-refractivity contribution < 1.29 is 0 Å². The maximum absolute atomic E-state index is 13.1. The molecule has 0 radical (unpaired) electrons. The summed E-state index contributed by atoms with van der Waals surface area (Å²) in [5.74, 6) is 0. The van der Waals surface area contributed by atoms with Gasteiger partial charge in [0.25, 0.3) is 5.56 Å². The maximum atomic E-state index is 13.1. The number of nitrogens with zero attached hydrogens (tertiary/aromatic N) is 2. The number of aromatic amines is 1. The monoisotopic (exact) mass is 351 g/mol. The van der Waals surface area contributed by atoms with Gasteiger partial charge in [0.1, 0.15) is 0 Å². The van der Waals surface area contributed by atoms with Gasteiger partial charge in [0.05, 0.1) is 0 Å². The van der Waals surface area contributed by atoms with Crippen LogP contribution in [0.1, 0.15) is 59.8 Å². The van der Waals surface area contributed by atoms with E-state index in [1.807, 2.05) is 13.8 Å². The first-order valence-corrected chi connectivity index (χ1v) is 9.54. The topological polar surface area (TPSA) is 50.2 Å². The third-order valence-electron chi connectivity index (χ3n) is 5.22. The number of hydrogen-bond donors (Lipinski definition) is 1. The van der Waals surface area contributed by atoms with Gasteiger partial charge in [-0.15, -0.1) is 0 Å². The Morgan fingerprint density at radius 1 is 1.00 bits per heavy atom. The predicted octanol–water partition coefficient (Wildman–Crippen LogP) is 4.96. The van der Waals surface area contributed by atoms with Crippen LogP contribution in [0.15, 0.2) is 16.9 Å². The predicted molar refractivity (Wildman–Crippen MR) is 108 cm³/mol. The van der Waals surface area contributed by atoms with Crippen molar-refractivity contribution in [2.75, 3.05) is 0 Å². The molecule has 138 valence electrons. The van der Waals surface area contributed by atoms with E-state index < -0.39 is 0 Å². The van der Waals surface area contributed by atoms with Crippen molar-refractivity contribution in [3.05, 3.63) is 56.1 Å². The van der Waals surface area contributed by atoms with Gasteiger partial charge in [-0.1, -0.05) is 37.5 Å². The van der Waals surface area contributed by atoms with Crippen LogP contribution in [0.2, 0.25) is 0 Å². The average Bonchev–Trinajstić information content (AvgIpc) is 2.87. The zero-order valence-electron chi connectivity index (χ0n) is 16.8. The van der Waals surface area contributed by atoms with Crippen molar-refractivity contribution in [2.45, 2.75) is 67.2 Å². The molecule has 4 heteroatoms. The van der Waals surface area contributed by atoms with E-state index in [0.29, 0.717) is 0 Å². The molecule has 0 fully saturated rings. The number of H-pyrrole nitrogens is 1. The van der Waals surface area contributed by atoms with Crippen LogP contribution in [0.4, 0.5) is 0 Å². The lowest BCUT2D eigenvalue weighted by molar-refractivity contribution is 0.701. The Morgan fingerprint density at radius 2 is 1.65 bits per heavy atom. The van der Waals surface area contributed by atoms with E-state index in [2.05, 4.69) is 44.9 Å². The first-order valence-electron chi connectivity index (χ1n) is 9.54. The maximum Gasteiger partial charge on any atom is 0.276 e. The smallest absolute Gasteiger partial charge is 0.276 e. The zero-order valence-corrected chi connectivity index (χ0v) is 16.8. The van der Waals surface area contributed by atoms with Gasteiger partial charge in [-0.05, 0) is 64.2 Å². The molecule has 0 aliphatic rings. The molecule has 0 amide bonds. The van der Waals surface area contributed by atoms with E-state index in [-0.39, 0.29) is 5.56 Å². The number of unbranched alkanes of at least 4 members (excludes halogenated alkanes) is 2. The molecule has 0 saturated carbocycles. The summed E-state index contributed by atoms with van der Waals surface area (Å²) in [6, 6.07) is 4.38. The van der Waals surface area contributed by atoms with E-state index in [1.54, 1.807) is 4.52 Å². The second-order valence-corrected chi connectivity index (χ2v) is 7.48. The molecule has 1 N–H and O–H groups in total. The summed E-state index contributed by atoms with van der Waals surface area (Å²) < 4.78 is 1.64. The van der Waals surface area contributed by atoms with Crippen LogP contribution in [0, 0.1) is 34.6 Å². The lowest BCUT2D eigenvalue weighted by atomic mass is 9.94. The molecule has 26 heavy (non-hydrogen) atoms. The normalized spacial score (nSPS) is 11.5. The summed E-state index contributed by atoms with van der Waals surface area (Å²) in [6.07, 6.45) is 4.11. The molecule has 0 spiro atoms. The highest BCUT2D eigenvalue weighted by Gasteiger charge is 2.20. The summed E-state index contributed by atoms with van der Waals surface area (Å²) in [4.78, 5) is 17.9. The highest BCUT2D eigenvalue weighted by atomic mass is 16.1. The quantitative estimate of drug-likeness (QED) is 0.660. The fraction of sp³-hybridized carbons (Fsp3) is 0.455. The molecule has 0 aliphatic heterocycles. The van der Waals surface area contributed by atoms with E-state index in [1.165, 1.54) is 22.3 Å². The molecular formula is C22H29N3O. The first-order chi connectivity index (χ1) is 12.3. The van der Waals surface area contributed by atoms with Crippen LogP contribution < -0.4 is 5.56 Å². The average molecular weight is 351 g/mol. The van der Waals surface area contributed by atoms with Crippen molar-refractivity contribution in [3.63, 3.8) is 0 Å². The van der Waals surface area contributed by atoms with Gasteiger partial charge in [0, 0.05) is 22.5 Å². The number of hydrogen-bond acceptors (Lipinski definition) is 2. The van der Waals surface area contributed by atoms with E-state index >= 15 is 0 Å². The van der Waals surface area contributed by atoms with Crippen LogP contribution in [0.3, 0.4) is 0 Å². The van der Waals surface area contributed by atoms with Crippen LogP contribution in [0.25, 0.3) is 16.8 Å². The molecule has 0 aliphatic carbocycles. The van der Waals surface area contributed by atoms with E-state index in [4.69, 9.17) is 4.98 Å². The third-order valence-corrected chi connectivity index (χ3v) is 5.22. The minimum absolute atomic E-state index is 0.0420. The molecule has 4 nitrogen and oxygen atoms in total.